The maximum Gasteiger partial charge on any atom is 0.253 e. The number of likely N-dealkylation sites (tertiary alicyclic amines) is 1. The fourth-order valence-corrected chi connectivity index (χ4v) is 5.40. The summed E-state index contributed by atoms with van der Waals surface area (Å²) in [4.78, 5) is 42.5. The number of hydrogen-bond donors (Lipinski definition) is 1. The molecule has 2 aliphatic heterocycles. The normalized spacial score (nSPS) is 19.0. The Balaban J connectivity index is 1.41. The van der Waals surface area contributed by atoms with E-state index in [-0.39, 0.29) is 24.3 Å². The summed E-state index contributed by atoms with van der Waals surface area (Å²) in [6, 6.07) is 5.54. The molecule has 0 spiro atoms. The van der Waals surface area contributed by atoms with Crippen molar-refractivity contribution >= 4 is 35.2 Å². The summed E-state index contributed by atoms with van der Waals surface area (Å²) in [6.45, 7) is 2.16. The number of allylic oxidation sites excluding steroid dienone is 1. The van der Waals surface area contributed by atoms with Gasteiger partial charge in [0.25, 0.3) is 5.91 Å². The summed E-state index contributed by atoms with van der Waals surface area (Å²) in [7, 11) is 0. The summed E-state index contributed by atoms with van der Waals surface area (Å²) in [5.74, 6) is 0.0725. The number of carbonyl (C=O) groups is 3. The quantitative estimate of drug-likeness (QED) is 0.683. The highest BCUT2D eigenvalue weighted by atomic mass is 32.2. The van der Waals surface area contributed by atoms with Gasteiger partial charge in [-0.1, -0.05) is 11.6 Å². The molecule has 2 heterocycles. The van der Waals surface area contributed by atoms with E-state index in [0.717, 1.165) is 50.1 Å². The van der Waals surface area contributed by atoms with E-state index >= 15 is 0 Å². The van der Waals surface area contributed by atoms with Crippen LogP contribution in [-0.4, -0.2) is 54.6 Å². The first-order valence-electron chi connectivity index (χ1n) is 11.4. The van der Waals surface area contributed by atoms with Crippen molar-refractivity contribution in [1.82, 2.24) is 10.2 Å². The number of nitrogens with one attached hydrogen (secondary N) is 1. The number of hydrogen-bond acceptors (Lipinski definition) is 4. The maximum atomic E-state index is 12.9. The lowest BCUT2D eigenvalue weighted by molar-refractivity contribution is -0.122. The van der Waals surface area contributed by atoms with E-state index in [1.54, 1.807) is 6.07 Å². The predicted octanol–water partition coefficient (Wildman–Crippen LogP) is 3.76. The summed E-state index contributed by atoms with van der Waals surface area (Å²) >= 11 is 1.47. The molecule has 3 aliphatic rings. The van der Waals surface area contributed by atoms with Crippen molar-refractivity contribution < 1.29 is 14.4 Å². The van der Waals surface area contributed by atoms with Gasteiger partial charge in [-0.15, -0.1) is 11.8 Å². The molecule has 1 fully saturated rings. The number of carbonyl (C=O) groups excluding carboxylic acids is 3. The van der Waals surface area contributed by atoms with E-state index in [4.69, 9.17) is 0 Å². The minimum atomic E-state index is -0.157. The van der Waals surface area contributed by atoms with Gasteiger partial charge in [0.2, 0.25) is 11.8 Å². The van der Waals surface area contributed by atoms with Crippen molar-refractivity contribution in [2.45, 2.75) is 56.3 Å². The molecular formula is C24H31N3O3S. The van der Waals surface area contributed by atoms with E-state index in [1.807, 2.05) is 17.0 Å². The number of fused-ring (bicyclic) bond motifs is 1. The van der Waals surface area contributed by atoms with E-state index in [1.165, 1.54) is 41.5 Å². The molecule has 1 aliphatic carbocycles. The highest BCUT2D eigenvalue weighted by Gasteiger charge is 2.28. The molecule has 1 aromatic rings. The van der Waals surface area contributed by atoms with Gasteiger partial charge >= 0.3 is 0 Å². The Morgan fingerprint density at radius 2 is 1.90 bits per heavy atom. The fraction of sp³-hybridized carbons (Fsp3) is 0.542. The summed E-state index contributed by atoms with van der Waals surface area (Å²) < 4.78 is 0. The third-order valence-corrected chi connectivity index (χ3v) is 7.29. The zero-order chi connectivity index (χ0) is 21.6. The SMILES string of the molecule is O=C(CN1C(=O)CSc2ccc(C(=O)N3CCCCC3)cc21)NCCC1=CCCCC1. The number of rotatable bonds is 6. The maximum absolute atomic E-state index is 12.9. The number of piperidine rings is 1. The topological polar surface area (TPSA) is 69.7 Å². The highest BCUT2D eigenvalue weighted by molar-refractivity contribution is 8.00. The first-order chi connectivity index (χ1) is 15.1. The molecule has 31 heavy (non-hydrogen) atoms. The minimum Gasteiger partial charge on any atom is -0.354 e. The lowest BCUT2D eigenvalue weighted by Gasteiger charge is -2.30. The number of benzene rings is 1. The molecule has 0 unspecified atom stereocenters. The van der Waals surface area contributed by atoms with Crippen molar-refractivity contribution in [3.05, 3.63) is 35.4 Å². The van der Waals surface area contributed by atoms with Gasteiger partial charge in [0.05, 0.1) is 11.4 Å². The average Bonchev–Trinajstić information content (AvgIpc) is 2.81. The second kappa shape index (κ2) is 10.4. The van der Waals surface area contributed by atoms with Gasteiger partial charge in [0.1, 0.15) is 6.54 Å². The van der Waals surface area contributed by atoms with E-state index in [2.05, 4.69) is 11.4 Å². The molecule has 7 heteroatoms. The Labute approximate surface area is 188 Å². The zero-order valence-corrected chi connectivity index (χ0v) is 18.8. The number of anilines is 1. The standard InChI is InChI=1S/C24H31N3O3S/c28-22(25-12-11-18-7-3-1-4-8-18)16-27-20-15-19(9-10-21(20)31-17-23(27)29)24(30)26-13-5-2-6-14-26/h7,9-10,15H,1-6,8,11-14,16-17H2,(H,25,28). The van der Waals surface area contributed by atoms with Crippen LogP contribution in [0.2, 0.25) is 0 Å². The summed E-state index contributed by atoms with van der Waals surface area (Å²) in [6.07, 6.45) is 11.2. The Hall–Kier alpha value is -2.28. The van der Waals surface area contributed by atoms with Gasteiger partial charge < -0.3 is 15.1 Å². The Bertz CT molecular complexity index is 877. The summed E-state index contributed by atoms with van der Waals surface area (Å²) in [5, 5.41) is 2.96. The first-order valence-corrected chi connectivity index (χ1v) is 12.4. The molecular weight excluding hydrogens is 410 g/mol. The van der Waals surface area contributed by atoms with Gasteiger partial charge in [0, 0.05) is 30.1 Å². The molecule has 1 N–H and O–H groups in total. The second-order valence-corrected chi connectivity index (χ2v) is 9.53. The Morgan fingerprint density at radius 1 is 1.06 bits per heavy atom. The molecule has 166 valence electrons. The van der Waals surface area contributed by atoms with Crippen LogP contribution in [0, 0.1) is 0 Å². The molecule has 3 amide bonds. The van der Waals surface area contributed by atoms with Crippen LogP contribution in [-0.2, 0) is 9.59 Å². The largest absolute Gasteiger partial charge is 0.354 e. The molecule has 1 saturated heterocycles. The molecule has 0 saturated carbocycles. The Kier molecular flexibility index (Phi) is 7.33. The molecule has 6 nitrogen and oxygen atoms in total. The van der Waals surface area contributed by atoms with Gasteiger partial charge in [0.15, 0.2) is 0 Å². The van der Waals surface area contributed by atoms with Crippen LogP contribution < -0.4 is 10.2 Å². The van der Waals surface area contributed by atoms with Gasteiger partial charge in [-0.05, 0) is 69.6 Å². The fourth-order valence-electron chi connectivity index (χ4n) is 4.48. The van der Waals surface area contributed by atoms with Crippen LogP contribution in [0.3, 0.4) is 0 Å². The summed E-state index contributed by atoms with van der Waals surface area (Å²) in [5.41, 5.74) is 2.68. The minimum absolute atomic E-state index is 0.00714. The van der Waals surface area contributed by atoms with Crippen LogP contribution >= 0.6 is 11.8 Å². The van der Waals surface area contributed by atoms with Gasteiger partial charge in [-0.2, -0.15) is 0 Å². The van der Waals surface area contributed by atoms with E-state index < -0.39 is 0 Å². The number of amides is 3. The van der Waals surface area contributed by atoms with Crippen LogP contribution in [0.15, 0.2) is 34.7 Å². The molecule has 0 radical (unpaired) electrons. The average molecular weight is 442 g/mol. The van der Waals surface area contributed by atoms with E-state index in [0.29, 0.717) is 23.5 Å². The number of nitrogens with zero attached hydrogens (tertiary/aromatic N) is 2. The van der Waals surface area contributed by atoms with Crippen LogP contribution in [0.5, 0.6) is 0 Å². The molecule has 0 atom stereocenters. The third-order valence-electron chi connectivity index (χ3n) is 6.25. The third kappa shape index (κ3) is 5.50. The van der Waals surface area contributed by atoms with Crippen molar-refractivity contribution in [1.29, 1.82) is 0 Å². The molecule has 0 bridgehead atoms. The smallest absolute Gasteiger partial charge is 0.253 e. The second-order valence-electron chi connectivity index (χ2n) is 8.51. The Morgan fingerprint density at radius 3 is 2.68 bits per heavy atom. The van der Waals surface area contributed by atoms with Crippen LogP contribution in [0.1, 0.15) is 61.7 Å². The first kappa shape index (κ1) is 21.9. The van der Waals surface area contributed by atoms with Crippen LogP contribution in [0.25, 0.3) is 0 Å². The van der Waals surface area contributed by atoms with Crippen molar-refractivity contribution in [2.75, 3.05) is 36.8 Å². The van der Waals surface area contributed by atoms with Crippen molar-refractivity contribution in [3.63, 3.8) is 0 Å². The van der Waals surface area contributed by atoms with Gasteiger partial charge in [-0.25, -0.2) is 0 Å². The van der Waals surface area contributed by atoms with Gasteiger partial charge in [-0.3, -0.25) is 14.4 Å². The highest BCUT2D eigenvalue weighted by Crippen LogP contribution is 2.36. The van der Waals surface area contributed by atoms with E-state index in [9.17, 15) is 14.4 Å². The van der Waals surface area contributed by atoms with Crippen molar-refractivity contribution in [3.8, 4) is 0 Å². The number of thioether (sulfide) groups is 1. The van der Waals surface area contributed by atoms with Crippen LogP contribution in [0.4, 0.5) is 5.69 Å². The lowest BCUT2D eigenvalue weighted by atomic mass is 9.97. The predicted molar refractivity (Wildman–Crippen MR) is 123 cm³/mol. The lowest BCUT2D eigenvalue weighted by Crippen LogP contribution is -2.43. The molecule has 0 aromatic heterocycles. The zero-order valence-electron chi connectivity index (χ0n) is 18.0. The monoisotopic (exact) mass is 441 g/mol. The molecule has 1 aromatic carbocycles. The van der Waals surface area contributed by atoms with Crippen molar-refractivity contribution in [2.24, 2.45) is 0 Å². The molecule has 4 rings (SSSR count).